The Bertz CT molecular complexity index is 834. The number of carbonyl (C=O) groups is 1. The van der Waals surface area contributed by atoms with Crippen LogP contribution < -0.4 is 5.56 Å². The lowest BCUT2D eigenvalue weighted by Gasteiger charge is -2.33. The van der Waals surface area contributed by atoms with E-state index in [-0.39, 0.29) is 12.6 Å². The summed E-state index contributed by atoms with van der Waals surface area (Å²) in [5.41, 5.74) is -1.58. The number of benzene rings is 1. The van der Waals surface area contributed by atoms with Crippen molar-refractivity contribution in [3.63, 3.8) is 0 Å². The second kappa shape index (κ2) is 7.33. The minimum atomic E-state index is -4.75. The maximum absolute atomic E-state index is 12.8. The van der Waals surface area contributed by atoms with Gasteiger partial charge in [0.15, 0.2) is 0 Å². The molecule has 5 nitrogen and oxygen atoms in total. The van der Waals surface area contributed by atoms with Crippen LogP contribution in [0.25, 0.3) is 0 Å². The number of ether oxygens (including phenoxy) is 1. The van der Waals surface area contributed by atoms with Crippen LogP contribution in [0.2, 0.25) is 0 Å². The predicted molar refractivity (Wildman–Crippen MR) is 87.4 cm³/mol. The molecule has 1 aromatic carbocycles. The Balaban J connectivity index is 1.73. The van der Waals surface area contributed by atoms with E-state index in [0.29, 0.717) is 19.2 Å². The molecule has 1 aliphatic heterocycles. The van der Waals surface area contributed by atoms with Crippen LogP contribution in [0, 0.1) is 0 Å². The molecule has 2 heterocycles. The number of rotatable bonds is 3. The van der Waals surface area contributed by atoms with E-state index in [1.54, 1.807) is 0 Å². The topological polar surface area (TPSA) is 51.5 Å². The summed E-state index contributed by atoms with van der Waals surface area (Å²) in [7, 11) is 0. The maximum atomic E-state index is 12.8. The summed E-state index contributed by atoms with van der Waals surface area (Å²) in [6.07, 6.45) is -3.86. The number of pyridine rings is 1. The maximum Gasteiger partial charge on any atom is 0.421 e. The van der Waals surface area contributed by atoms with Crippen LogP contribution in [0.5, 0.6) is 0 Å². The molecule has 1 fully saturated rings. The summed E-state index contributed by atoms with van der Waals surface area (Å²) in [5.74, 6) is -0.421. The van der Waals surface area contributed by atoms with Crippen LogP contribution >= 0.6 is 0 Å². The molecule has 3 rings (SSSR count). The van der Waals surface area contributed by atoms with Crippen LogP contribution in [-0.4, -0.2) is 35.1 Å². The van der Waals surface area contributed by atoms with Crippen molar-refractivity contribution in [1.29, 1.82) is 0 Å². The highest BCUT2D eigenvalue weighted by Crippen LogP contribution is 2.26. The molecule has 1 saturated heterocycles. The number of alkyl halides is 3. The third-order valence-electron chi connectivity index (χ3n) is 4.22. The first-order chi connectivity index (χ1) is 12.4. The summed E-state index contributed by atoms with van der Waals surface area (Å²) < 4.78 is 45.0. The minimum absolute atomic E-state index is 0.288. The second-order valence-corrected chi connectivity index (χ2v) is 5.96. The Labute approximate surface area is 147 Å². The quantitative estimate of drug-likeness (QED) is 0.839. The number of halogens is 3. The van der Waals surface area contributed by atoms with Crippen LogP contribution in [-0.2, 0) is 22.3 Å². The van der Waals surface area contributed by atoms with E-state index < -0.39 is 29.8 Å². The fraction of sp³-hybridized carbons (Fsp3) is 0.333. The molecular weight excluding hydrogens is 349 g/mol. The van der Waals surface area contributed by atoms with E-state index in [9.17, 15) is 22.8 Å². The van der Waals surface area contributed by atoms with Crippen molar-refractivity contribution in [2.75, 3.05) is 19.7 Å². The van der Waals surface area contributed by atoms with Gasteiger partial charge in [0.25, 0.3) is 5.56 Å². The van der Waals surface area contributed by atoms with E-state index in [4.69, 9.17) is 4.74 Å². The summed E-state index contributed by atoms with van der Waals surface area (Å²) in [4.78, 5) is 26.0. The molecule has 8 heteroatoms. The zero-order valence-corrected chi connectivity index (χ0v) is 13.8. The Morgan fingerprint density at radius 2 is 1.88 bits per heavy atom. The number of morpholine rings is 1. The van der Waals surface area contributed by atoms with Gasteiger partial charge >= 0.3 is 6.18 Å². The standard InChI is InChI=1S/C18H17F3N2O3/c19-18(20,21)14-7-4-8-23(17(14)25)12-16(24)22-9-10-26-15(11-22)13-5-2-1-3-6-13/h1-8,15H,9-12H2. The van der Waals surface area contributed by atoms with E-state index in [2.05, 4.69) is 0 Å². The van der Waals surface area contributed by atoms with Gasteiger partial charge < -0.3 is 14.2 Å². The second-order valence-electron chi connectivity index (χ2n) is 5.96. The summed E-state index contributed by atoms with van der Waals surface area (Å²) in [6.45, 7) is 0.499. The number of carbonyl (C=O) groups excluding carboxylic acids is 1. The summed E-state index contributed by atoms with van der Waals surface area (Å²) >= 11 is 0. The Morgan fingerprint density at radius 1 is 1.15 bits per heavy atom. The minimum Gasteiger partial charge on any atom is -0.370 e. The van der Waals surface area contributed by atoms with Gasteiger partial charge in [0, 0.05) is 12.7 Å². The van der Waals surface area contributed by atoms with Gasteiger partial charge in [-0.25, -0.2) is 0 Å². The fourth-order valence-corrected chi connectivity index (χ4v) is 2.87. The van der Waals surface area contributed by atoms with Crippen LogP contribution in [0.4, 0.5) is 13.2 Å². The van der Waals surface area contributed by atoms with Crippen LogP contribution in [0.1, 0.15) is 17.2 Å². The molecule has 0 spiro atoms. The Morgan fingerprint density at radius 3 is 2.58 bits per heavy atom. The molecule has 2 aromatic rings. The molecule has 26 heavy (non-hydrogen) atoms. The first kappa shape index (κ1) is 18.2. The Hall–Kier alpha value is -2.61. The third kappa shape index (κ3) is 3.96. The van der Waals surface area contributed by atoms with Gasteiger partial charge in [0.05, 0.1) is 13.2 Å². The van der Waals surface area contributed by atoms with E-state index in [0.717, 1.165) is 16.2 Å². The first-order valence-corrected chi connectivity index (χ1v) is 8.07. The smallest absolute Gasteiger partial charge is 0.370 e. The zero-order valence-electron chi connectivity index (χ0n) is 13.8. The highest BCUT2D eigenvalue weighted by Gasteiger charge is 2.34. The first-order valence-electron chi connectivity index (χ1n) is 8.07. The monoisotopic (exact) mass is 366 g/mol. The van der Waals surface area contributed by atoms with Crippen LogP contribution in [0.3, 0.4) is 0 Å². The molecule has 1 aliphatic rings. The average molecular weight is 366 g/mol. The highest BCUT2D eigenvalue weighted by molar-refractivity contribution is 5.76. The molecule has 1 aromatic heterocycles. The van der Waals surface area contributed by atoms with Crippen molar-refractivity contribution in [2.24, 2.45) is 0 Å². The van der Waals surface area contributed by atoms with Crippen molar-refractivity contribution in [1.82, 2.24) is 9.47 Å². The lowest BCUT2D eigenvalue weighted by atomic mass is 10.1. The lowest BCUT2D eigenvalue weighted by Crippen LogP contribution is -2.44. The normalized spacial score (nSPS) is 18.0. The van der Waals surface area contributed by atoms with Gasteiger partial charge in [-0.1, -0.05) is 30.3 Å². The fourth-order valence-electron chi connectivity index (χ4n) is 2.87. The number of hydrogen-bond acceptors (Lipinski definition) is 3. The van der Waals surface area contributed by atoms with Crippen molar-refractivity contribution in [2.45, 2.75) is 18.8 Å². The van der Waals surface area contributed by atoms with Gasteiger partial charge in [-0.3, -0.25) is 9.59 Å². The van der Waals surface area contributed by atoms with E-state index in [1.165, 1.54) is 11.1 Å². The predicted octanol–water partition coefficient (Wildman–Crippen LogP) is 2.47. The number of hydrogen-bond donors (Lipinski definition) is 0. The summed E-state index contributed by atoms with van der Waals surface area (Å²) in [6, 6.07) is 11.2. The molecular formula is C18H17F3N2O3. The van der Waals surface area contributed by atoms with Crippen molar-refractivity contribution in [3.8, 4) is 0 Å². The Kier molecular flexibility index (Phi) is 5.13. The molecule has 138 valence electrons. The van der Waals surface area contributed by atoms with Crippen molar-refractivity contribution < 1.29 is 22.7 Å². The number of nitrogens with zero attached hydrogens (tertiary/aromatic N) is 2. The molecule has 0 aliphatic carbocycles. The summed E-state index contributed by atoms with van der Waals surface area (Å²) in [5, 5.41) is 0. The van der Waals surface area contributed by atoms with Gasteiger partial charge in [-0.15, -0.1) is 0 Å². The SMILES string of the molecule is O=C(Cn1cccc(C(F)(F)F)c1=O)N1CCOC(c2ccccc2)C1. The van der Waals surface area contributed by atoms with Crippen molar-refractivity contribution in [3.05, 3.63) is 70.1 Å². The molecule has 1 amide bonds. The largest absolute Gasteiger partial charge is 0.421 e. The zero-order chi connectivity index (χ0) is 18.7. The van der Waals surface area contributed by atoms with Gasteiger partial charge in [-0.2, -0.15) is 13.2 Å². The lowest BCUT2D eigenvalue weighted by molar-refractivity contribution is -0.141. The van der Waals surface area contributed by atoms with Crippen molar-refractivity contribution >= 4 is 5.91 Å². The number of amides is 1. The van der Waals surface area contributed by atoms with Gasteiger partial charge in [0.2, 0.25) is 5.91 Å². The number of aromatic nitrogens is 1. The van der Waals surface area contributed by atoms with Crippen LogP contribution in [0.15, 0.2) is 53.5 Å². The van der Waals surface area contributed by atoms with Gasteiger partial charge in [-0.05, 0) is 17.7 Å². The average Bonchev–Trinajstić information content (AvgIpc) is 2.63. The van der Waals surface area contributed by atoms with Gasteiger partial charge in [0.1, 0.15) is 18.2 Å². The molecule has 1 unspecified atom stereocenters. The van der Waals surface area contributed by atoms with E-state index >= 15 is 0 Å². The molecule has 0 bridgehead atoms. The highest BCUT2D eigenvalue weighted by atomic mass is 19.4. The molecule has 0 N–H and O–H groups in total. The van der Waals surface area contributed by atoms with E-state index in [1.807, 2.05) is 30.3 Å². The molecule has 0 saturated carbocycles. The molecule has 0 radical (unpaired) electrons. The molecule has 1 atom stereocenters. The third-order valence-corrected chi connectivity index (χ3v) is 4.22.